The summed E-state index contributed by atoms with van der Waals surface area (Å²) in [4.78, 5) is 7.63. The molecular formula is C20H18ClFN6. The van der Waals surface area contributed by atoms with Gasteiger partial charge in [0, 0.05) is 47.0 Å². The van der Waals surface area contributed by atoms with Crippen LogP contribution in [0.1, 0.15) is 11.3 Å². The number of nitrogens with one attached hydrogen (secondary N) is 3. The lowest BCUT2D eigenvalue weighted by Crippen LogP contribution is -2.28. The molecule has 3 aromatic heterocycles. The van der Waals surface area contributed by atoms with Crippen LogP contribution in [0, 0.1) is 12.7 Å². The number of rotatable bonds is 3. The van der Waals surface area contributed by atoms with Gasteiger partial charge in [-0.1, -0.05) is 11.6 Å². The van der Waals surface area contributed by atoms with E-state index in [1.807, 2.05) is 23.9 Å². The number of nitrogens with zero attached hydrogens (tertiary/aromatic N) is 3. The minimum atomic E-state index is -0.416. The highest BCUT2D eigenvalue weighted by Crippen LogP contribution is 2.39. The second kappa shape index (κ2) is 6.61. The highest BCUT2D eigenvalue weighted by atomic mass is 35.5. The third-order valence-corrected chi connectivity index (χ3v) is 5.31. The van der Waals surface area contributed by atoms with E-state index in [4.69, 9.17) is 16.7 Å². The van der Waals surface area contributed by atoms with Crippen LogP contribution in [-0.4, -0.2) is 26.3 Å². The Morgan fingerprint density at radius 2 is 2.18 bits per heavy atom. The first-order chi connectivity index (χ1) is 13.6. The molecule has 5 rings (SSSR count). The number of H-pyrrole nitrogens is 1. The number of hydrogen-bond donors (Lipinski definition) is 3. The van der Waals surface area contributed by atoms with Crippen molar-refractivity contribution in [2.24, 2.45) is 0 Å². The number of pyridine rings is 1. The van der Waals surface area contributed by atoms with Crippen LogP contribution in [0.15, 0.2) is 36.7 Å². The molecule has 1 aromatic carbocycles. The molecule has 142 valence electrons. The molecule has 6 nitrogen and oxygen atoms in total. The van der Waals surface area contributed by atoms with E-state index in [-0.39, 0.29) is 0 Å². The first-order valence-electron chi connectivity index (χ1n) is 9.07. The third-order valence-electron chi connectivity index (χ3n) is 5.07. The molecule has 0 saturated carbocycles. The van der Waals surface area contributed by atoms with Gasteiger partial charge < -0.3 is 15.6 Å². The van der Waals surface area contributed by atoms with Crippen LogP contribution >= 0.6 is 11.6 Å². The molecule has 0 unspecified atom stereocenters. The molecule has 0 amide bonds. The largest absolute Gasteiger partial charge is 0.346 e. The molecule has 1 aliphatic rings. The van der Waals surface area contributed by atoms with Gasteiger partial charge in [0.15, 0.2) is 5.82 Å². The Morgan fingerprint density at radius 3 is 3.04 bits per heavy atom. The fourth-order valence-electron chi connectivity index (χ4n) is 3.77. The topological polar surface area (TPSA) is 70.6 Å². The Balaban J connectivity index is 1.72. The predicted molar refractivity (Wildman–Crippen MR) is 108 cm³/mol. The quantitative estimate of drug-likeness (QED) is 0.480. The minimum Gasteiger partial charge on any atom is -0.346 e. The van der Waals surface area contributed by atoms with E-state index in [2.05, 4.69) is 20.6 Å². The summed E-state index contributed by atoms with van der Waals surface area (Å²) in [5.74, 6) is 0.202. The average Bonchev–Trinajstić information content (AvgIpc) is 3.24. The van der Waals surface area contributed by atoms with Gasteiger partial charge in [0.05, 0.1) is 17.9 Å². The summed E-state index contributed by atoms with van der Waals surface area (Å²) >= 11 is 5.89. The SMILES string of the molecule is Cc1c[nH]c2nccc(-c3c(Nc4ccc(Cl)cc4F)nn4c3CNCC4)c12. The summed E-state index contributed by atoms with van der Waals surface area (Å²) < 4.78 is 16.4. The smallest absolute Gasteiger partial charge is 0.160 e. The lowest BCUT2D eigenvalue weighted by atomic mass is 10.0. The lowest BCUT2D eigenvalue weighted by molar-refractivity contribution is 0.477. The summed E-state index contributed by atoms with van der Waals surface area (Å²) in [5, 5.41) is 12.7. The van der Waals surface area contributed by atoms with E-state index in [1.165, 1.54) is 6.07 Å². The van der Waals surface area contributed by atoms with Gasteiger partial charge in [-0.2, -0.15) is 5.10 Å². The van der Waals surface area contributed by atoms with Crippen molar-refractivity contribution < 1.29 is 4.39 Å². The summed E-state index contributed by atoms with van der Waals surface area (Å²) in [6.07, 6.45) is 3.72. The maximum atomic E-state index is 14.4. The van der Waals surface area contributed by atoms with Crippen molar-refractivity contribution in [1.82, 2.24) is 25.1 Å². The van der Waals surface area contributed by atoms with Gasteiger partial charge in [-0.25, -0.2) is 9.37 Å². The summed E-state index contributed by atoms with van der Waals surface area (Å²) in [5.41, 5.74) is 5.30. The van der Waals surface area contributed by atoms with Gasteiger partial charge in [-0.15, -0.1) is 0 Å². The Labute approximate surface area is 165 Å². The van der Waals surface area contributed by atoms with E-state index < -0.39 is 5.82 Å². The molecule has 0 atom stereocenters. The summed E-state index contributed by atoms with van der Waals surface area (Å²) in [6.45, 7) is 4.34. The van der Waals surface area contributed by atoms with Crippen LogP contribution in [-0.2, 0) is 13.1 Å². The molecule has 0 bridgehead atoms. The van der Waals surface area contributed by atoms with Gasteiger partial charge in [0.25, 0.3) is 0 Å². The Bertz CT molecular complexity index is 1200. The third kappa shape index (κ3) is 2.75. The normalized spacial score (nSPS) is 13.7. The zero-order valence-corrected chi connectivity index (χ0v) is 15.9. The van der Waals surface area contributed by atoms with Gasteiger partial charge in [0.2, 0.25) is 0 Å². The zero-order chi connectivity index (χ0) is 19.3. The molecule has 0 spiro atoms. The number of aromatic nitrogens is 4. The first kappa shape index (κ1) is 17.2. The number of benzene rings is 1. The predicted octanol–water partition coefficient (Wildman–Crippen LogP) is 4.37. The lowest BCUT2D eigenvalue weighted by Gasteiger charge is -2.16. The second-order valence-corrected chi connectivity index (χ2v) is 7.31. The van der Waals surface area contributed by atoms with E-state index >= 15 is 0 Å². The molecule has 0 saturated heterocycles. The van der Waals surface area contributed by atoms with Crippen molar-refractivity contribution in [2.75, 3.05) is 11.9 Å². The highest BCUT2D eigenvalue weighted by molar-refractivity contribution is 6.30. The maximum absolute atomic E-state index is 14.4. The standard InChI is InChI=1S/C20H18ClFN6/c1-11-9-25-19-17(11)13(4-5-24-19)18-16-10-23-6-7-28(16)27-20(18)26-15-3-2-12(21)8-14(15)22/h2-5,8-9,23H,6-7,10H2,1H3,(H,24,25)(H,26,27). The molecule has 0 aliphatic carbocycles. The van der Waals surface area contributed by atoms with Crippen LogP contribution in [0.25, 0.3) is 22.2 Å². The van der Waals surface area contributed by atoms with Crippen LogP contribution in [0.2, 0.25) is 5.02 Å². The number of aromatic amines is 1. The average molecular weight is 397 g/mol. The van der Waals surface area contributed by atoms with Crippen LogP contribution in [0.5, 0.6) is 0 Å². The highest BCUT2D eigenvalue weighted by Gasteiger charge is 2.24. The van der Waals surface area contributed by atoms with Gasteiger partial charge >= 0.3 is 0 Å². The molecular weight excluding hydrogens is 379 g/mol. The minimum absolute atomic E-state index is 0.338. The van der Waals surface area contributed by atoms with Crippen LogP contribution in [0.4, 0.5) is 15.9 Å². The van der Waals surface area contributed by atoms with Crippen molar-refractivity contribution in [3.05, 3.63) is 58.8 Å². The molecule has 0 radical (unpaired) electrons. The zero-order valence-electron chi connectivity index (χ0n) is 15.2. The fraction of sp³-hybridized carbons (Fsp3) is 0.200. The van der Waals surface area contributed by atoms with E-state index in [9.17, 15) is 4.39 Å². The number of hydrogen-bond acceptors (Lipinski definition) is 4. The van der Waals surface area contributed by atoms with E-state index in [0.717, 1.165) is 46.5 Å². The van der Waals surface area contributed by atoms with Gasteiger partial charge in [-0.05, 0) is 36.8 Å². The van der Waals surface area contributed by atoms with Gasteiger partial charge in [-0.3, -0.25) is 4.68 Å². The fourth-order valence-corrected chi connectivity index (χ4v) is 3.93. The van der Waals surface area contributed by atoms with Gasteiger partial charge in [0.1, 0.15) is 11.5 Å². The molecule has 3 N–H and O–H groups in total. The van der Waals surface area contributed by atoms with Crippen molar-refractivity contribution in [2.45, 2.75) is 20.0 Å². The molecule has 0 fully saturated rings. The molecule has 4 aromatic rings. The summed E-state index contributed by atoms with van der Waals surface area (Å²) in [7, 11) is 0. The van der Waals surface area contributed by atoms with Crippen molar-refractivity contribution in [3.63, 3.8) is 0 Å². The number of anilines is 2. The molecule has 1 aliphatic heterocycles. The molecule has 4 heterocycles. The molecule has 8 heteroatoms. The Morgan fingerprint density at radius 1 is 1.29 bits per heavy atom. The van der Waals surface area contributed by atoms with Crippen molar-refractivity contribution >= 4 is 34.1 Å². The maximum Gasteiger partial charge on any atom is 0.160 e. The Kier molecular flexibility index (Phi) is 4.07. The molecule has 28 heavy (non-hydrogen) atoms. The van der Waals surface area contributed by atoms with Crippen LogP contribution in [0.3, 0.4) is 0 Å². The van der Waals surface area contributed by atoms with E-state index in [1.54, 1.807) is 18.3 Å². The van der Waals surface area contributed by atoms with Crippen LogP contribution < -0.4 is 10.6 Å². The van der Waals surface area contributed by atoms with Crippen molar-refractivity contribution in [3.8, 4) is 11.1 Å². The number of fused-ring (bicyclic) bond motifs is 2. The number of halogens is 2. The van der Waals surface area contributed by atoms with E-state index in [0.29, 0.717) is 23.1 Å². The first-order valence-corrected chi connectivity index (χ1v) is 9.45. The summed E-state index contributed by atoms with van der Waals surface area (Å²) in [6, 6.07) is 6.56. The Hall–Kier alpha value is -2.90. The second-order valence-electron chi connectivity index (χ2n) is 6.87. The van der Waals surface area contributed by atoms with Crippen molar-refractivity contribution in [1.29, 1.82) is 0 Å². The monoisotopic (exact) mass is 396 g/mol. The number of aryl methyl sites for hydroxylation is 1.